The maximum absolute atomic E-state index is 6.00. The highest BCUT2D eigenvalue weighted by atomic mass is 35.5. The maximum atomic E-state index is 6.00. The first kappa shape index (κ1) is 16.7. The number of halogens is 2. The molecule has 0 saturated carbocycles. The second-order valence-electron chi connectivity index (χ2n) is 4.71. The summed E-state index contributed by atoms with van der Waals surface area (Å²) in [7, 11) is 0. The smallest absolute Gasteiger partial charge is 0.108 e. The van der Waals surface area contributed by atoms with Gasteiger partial charge in [-0.3, -0.25) is 4.90 Å². The zero-order valence-electron chi connectivity index (χ0n) is 10.6. The number of likely N-dealkylation sites (tertiary alicyclic amines) is 1. The molecule has 0 aliphatic carbocycles. The Morgan fingerprint density at radius 2 is 2.11 bits per heavy atom. The van der Waals surface area contributed by atoms with Crippen molar-refractivity contribution in [3.63, 3.8) is 0 Å². The Morgan fingerprint density at radius 3 is 2.84 bits per heavy atom. The van der Waals surface area contributed by atoms with Gasteiger partial charge in [-0.1, -0.05) is 12.1 Å². The Bertz CT molecular complexity index is 484. The minimum atomic E-state index is 0. The van der Waals surface area contributed by atoms with E-state index in [2.05, 4.69) is 28.1 Å². The van der Waals surface area contributed by atoms with Crippen LogP contribution in [-0.4, -0.2) is 29.0 Å². The third-order valence-electron chi connectivity index (χ3n) is 3.24. The minimum Gasteiger partial charge on any atom is -0.327 e. The van der Waals surface area contributed by atoms with Crippen molar-refractivity contribution < 1.29 is 0 Å². The lowest BCUT2D eigenvalue weighted by molar-refractivity contribution is 0.201. The van der Waals surface area contributed by atoms with E-state index in [9.17, 15) is 0 Å². The SMILES string of the molecule is Cl.Cl.NC1CCCN(Cc2nc3ccccc3s2)C1. The Balaban J connectivity index is 0.000000902. The van der Waals surface area contributed by atoms with Crippen LogP contribution in [0.15, 0.2) is 24.3 Å². The van der Waals surface area contributed by atoms with Gasteiger partial charge in [0, 0.05) is 12.6 Å². The van der Waals surface area contributed by atoms with Gasteiger partial charge in [0.25, 0.3) is 0 Å². The lowest BCUT2D eigenvalue weighted by atomic mass is 10.1. The lowest BCUT2D eigenvalue weighted by Crippen LogP contribution is -2.42. The van der Waals surface area contributed by atoms with Crippen LogP contribution >= 0.6 is 36.2 Å². The zero-order valence-corrected chi connectivity index (χ0v) is 13.1. The number of piperidine rings is 1. The van der Waals surface area contributed by atoms with Crippen molar-refractivity contribution in [2.75, 3.05) is 13.1 Å². The molecule has 1 saturated heterocycles. The summed E-state index contributed by atoms with van der Waals surface area (Å²) in [4.78, 5) is 7.09. The molecule has 0 spiro atoms. The molecular formula is C13H19Cl2N3S. The summed E-state index contributed by atoms with van der Waals surface area (Å²) in [6.45, 7) is 3.12. The minimum absolute atomic E-state index is 0. The summed E-state index contributed by atoms with van der Waals surface area (Å²) in [5.41, 5.74) is 7.11. The summed E-state index contributed by atoms with van der Waals surface area (Å²) in [6.07, 6.45) is 2.38. The number of para-hydroxylation sites is 1. The fraction of sp³-hybridized carbons (Fsp3) is 0.462. The molecule has 1 aliphatic heterocycles. The molecule has 106 valence electrons. The van der Waals surface area contributed by atoms with Gasteiger partial charge in [0.1, 0.15) is 5.01 Å². The molecular weight excluding hydrogens is 301 g/mol. The lowest BCUT2D eigenvalue weighted by Gasteiger charge is -2.29. The monoisotopic (exact) mass is 319 g/mol. The summed E-state index contributed by atoms with van der Waals surface area (Å²) in [6, 6.07) is 8.68. The van der Waals surface area contributed by atoms with E-state index in [4.69, 9.17) is 5.73 Å². The van der Waals surface area contributed by atoms with Crippen molar-refractivity contribution in [2.45, 2.75) is 25.4 Å². The van der Waals surface area contributed by atoms with Gasteiger partial charge in [-0.2, -0.15) is 0 Å². The Labute approximate surface area is 130 Å². The van der Waals surface area contributed by atoms with Crippen LogP contribution < -0.4 is 5.73 Å². The molecule has 2 heterocycles. The molecule has 2 aromatic rings. The van der Waals surface area contributed by atoms with Gasteiger partial charge in [0.05, 0.1) is 16.8 Å². The van der Waals surface area contributed by atoms with Gasteiger partial charge in [-0.25, -0.2) is 4.98 Å². The van der Waals surface area contributed by atoms with E-state index in [1.807, 2.05) is 6.07 Å². The number of benzene rings is 1. The number of aromatic nitrogens is 1. The maximum Gasteiger partial charge on any atom is 0.108 e. The van der Waals surface area contributed by atoms with Gasteiger partial charge in [0.15, 0.2) is 0 Å². The van der Waals surface area contributed by atoms with Gasteiger partial charge >= 0.3 is 0 Å². The summed E-state index contributed by atoms with van der Waals surface area (Å²) in [5, 5.41) is 1.21. The molecule has 0 bridgehead atoms. The second kappa shape index (κ2) is 7.41. The quantitative estimate of drug-likeness (QED) is 0.925. The highest BCUT2D eigenvalue weighted by Crippen LogP contribution is 2.23. The molecule has 1 atom stereocenters. The molecule has 3 rings (SSSR count). The van der Waals surface area contributed by atoms with Gasteiger partial charge in [-0.15, -0.1) is 36.2 Å². The summed E-state index contributed by atoms with van der Waals surface area (Å²) >= 11 is 1.80. The topological polar surface area (TPSA) is 42.1 Å². The van der Waals surface area contributed by atoms with Gasteiger partial charge < -0.3 is 5.73 Å². The van der Waals surface area contributed by atoms with Crippen molar-refractivity contribution in [1.29, 1.82) is 0 Å². The van der Waals surface area contributed by atoms with Crippen LogP contribution in [0.1, 0.15) is 17.8 Å². The van der Waals surface area contributed by atoms with Crippen LogP contribution in [0.4, 0.5) is 0 Å². The van der Waals surface area contributed by atoms with Crippen molar-refractivity contribution in [3.05, 3.63) is 29.3 Å². The number of rotatable bonds is 2. The summed E-state index contributed by atoms with van der Waals surface area (Å²) in [5.74, 6) is 0. The molecule has 1 aromatic carbocycles. The first-order valence-corrected chi connectivity index (χ1v) is 6.95. The zero-order chi connectivity index (χ0) is 11.7. The number of fused-ring (bicyclic) bond motifs is 1. The van der Waals surface area contributed by atoms with Crippen molar-refractivity contribution in [2.24, 2.45) is 5.73 Å². The van der Waals surface area contributed by atoms with E-state index in [0.717, 1.165) is 31.6 Å². The fourth-order valence-electron chi connectivity index (χ4n) is 2.41. The molecule has 19 heavy (non-hydrogen) atoms. The van der Waals surface area contributed by atoms with E-state index in [1.165, 1.54) is 16.1 Å². The third-order valence-corrected chi connectivity index (χ3v) is 4.26. The third kappa shape index (κ3) is 4.04. The number of hydrogen-bond donors (Lipinski definition) is 1. The average molecular weight is 320 g/mol. The Hall–Kier alpha value is -0.390. The molecule has 2 N–H and O–H groups in total. The highest BCUT2D eigenvalue weighted by molar-refractivity contribution is 7.18. The molecule has 3 nitrogen and oxygen atoms in total. The van der Waals surface area contributed by atoms with Gasteiger partial charge in [-0.05, 0) is 31.5 Å². The number of thiazole rings is 1. The number of nitrogens with two attached hydrogens (primary N) is 1. The van der Waals surface area contributed by atoms with E-state index in [0.29, 0.717) is 6.04 Å². The van der Waals surface area contributed by atoms with Crippen LogP contribution in [0, 0.1) is 0 Å². The van der Waals surface area contributed by atoms with E-state index < -0.39 is 0 Å². The fourth-order valence-corrected chi connectivity index (χ4v) is 3.42. The van der Waals surface area contributed by atoms with Crippen LogP contribution in [0.2, 0.25) is 0 Å². The molecule has 1 aliphatic rings. The van der Waals surface area contributed by atoms with Crippen LogP contribution in [-0.2, 0) is 6.54 Å². The number of nitrogens with zero attached hydrogens (tertiary/aromatic N) is 2. The largest absolute Gasteiger partial charge is 0.327 e. The van der Waals surface area contributed by atoms with E-state index >= 15 is 0 Å². The van der Waals surface area contributed by atoms with E-state index in [-0.39, 0.29) is 24.8 Å². The predicted octanol–water partition coefficient (Wildman–Crippen LogP) is 3.06. The average Bonchev–Trinajstić information content (AvgIpc) is 2.71. The second-order valence-corrected chi connectivity index (χ2v) is 5.83. The van der Waals surface area contributed by atoms with E-state index in [1.54, 1.807) is 11.3 Å². The molecule has 6 heteroatoms. The molecule has 0 amide bonds. The van der Waals surface area contributed by atoms with Crippen LogP contribution in [0.5, 0.6) is 0 Å². The van der Waals surface area contributed by atoms with Crippen molar-refractivity contribution in [3.8, 4) is 0 Å². The van der Waals surface area contributed by atoms with Crippen LogP contribution in [0.25, 0.3) is 10.2 Å². The summed E-state index contributed by atoms with van der Waals surface area (Å²) < 4.78 is 1.28. The molecule has 1 aromatic heterocycles. The first-order valence-electron chi connectivity index (χ1n) is 6.13. The standard InChI is InChI=1S/C13H17N3S.2ClH/c14-10-4-3-7-16(8-10)9-13-15-11-5-1-2-6-12(11)17-13;;/h1-2,5-6,10H,3-4,7-9,14H2;2*1H. The predicted molar refractivity (Wildman–Crippen MR) is 86.6 cm³/mol. The van der Waals surface area contributed by atoms with Crippen molar-refractivity contribution in [1.82, 2.24) is 9.88 Å². The van der Waals surface area contributed by atoms with Crippen LogP contribution in [0.3, 0.4) is 0 Å². The Morgan fingerprint density at radius 1 is 1.32 bits per heavy atom. The van der Waals surface area contributed by atoms with Gasteiger partial charge in [0.2, 0.25) is 0 Å². The first-order chi connectivity index (χ1) is 8.31. The molecule has 1 unspecified atom stereocenters. The van der Waals surface area contributed by atoms with Crippen molar-refractivity contribution >= 4 is 46.4 Å². The highest BCUT2D eigenvalue weighted by Gasteiger charge is 2.17. The number of hydrogen-bond acceptors (Lipinski definition) is 4. The molecule has 0 radical (unpaired) electrons. The molecule has 1 fully saturated rings. The Kier molecular flexibility index (Phi) is 6.50. The normalized spacial score (nSPS) is 19.7.